The lowest BCUT2D eigenvalue weighted by atomic mass is 10.1. The number of nitrogens with zero attached hydrogens (tertiary/aromatic N) is 3. The molecule has 2 rings (SSSR count). The van der Waals surface area contributed by atoms with E-state index in [2.05, 4.69) is 5.10 Å². The third-order valence-corrected chi connectivity index (χ3v) is 3.07. The van der Waals surface area contributed by atoms with Gasteiger partial charge in [-0.25, -0.2) is 4.79 Å². The van der Waals surface area contributed by atoms with Gasteiger partial charge in [0, 0.05) is 12.4 Å². The molecule has 0 saturated carbocycles. The van der Waals surface area contributed by atoms with E-state index in [1.807, 2.05) is 0 Å². The zero-order valence-corrected chi connectivity index (χ0v) is 11.7. The molecule has 1 amide bonds. The molecule has 0 spiro atoms. The molecule has 0 aliphatic rings. The molecule has 8 heteroatoms. The van der Waals surface area contributed by atoms with Crippen molar-refractivity contribution in [2.24, 2.45) is 0 Å². The highest BCUT2D eigenvalue weighted by molar-refractivity contribution is 6.03. The smallest absolute Gasteiger partial charge is 0.337 e. The second kappa shape index (κ2) is 6.37. The Morgan fingerprint density at radius 2 is 2.05 bits per heavy atom. The summed E-state index contributed by atoms with van der Waals surface area (Å²) in [6.07, 6.45) is 0.813. The highest BCUT2D eigenvalue weighted by Gasteiger charge is 2.27. The minimum atomic E-state index is -2.25. The van der Waals surface area contributed by atoms with Crippen molar-refractivity contribution in [1.29, 1.82) is 0 Å². The zero-order chi connectivity index (χ0) is 16.3. The second-order valence-electron chi connectivity index (χ2n) is 4.60. The Morgan fingerprint density at radius 1 is 1.32 bits per heavy atom. The molecule has 1 aromatic carbocycles. The average molecular weight is 305 g/mol. The van der Waals surface area contributed by atoms with Crippen LogP contribution in [0.1, 0.15) is 15.9 Å². The van der Waals surface area contributed by atoms with Crippen LogP contribution in [0.25, 0.3) is 0 Å². The van der Waals surface area contributed by atoms with Crippen molar-refractivity contribution in [3.05, 3.63) is 47.8 Å². The number of carbonyl (C=O) groups is 2. The van der Waals surface area contributed by atoms with Crippen LogP contribution in [0.4, 0.5) is 5.69 Å². The van der Waals surface area contributed by atoms with Crippen molar-refractivity contribution < 1.29 is 24.9 Å². The van der Waals surface area contributed by atoms with Gasteiger partial charge < -0.3 is 15.3 Å². The van der Waals surface area contributed by atoms with Crippen molar-refractivity contribution in [3.63, 3.8) is 0 Å². The molecule has 0 aliphatic heterocycles. The van der Waals surface area contributed by atoms with E-state index in [1.165, 1.54) is 16.9 Å². The number of aliphatic hydroxyl groups is 2. The molecule has 22 heavy (non-hydrogen) atoms. The van der Waals surface area contributed by atoms with Gasteiger partial charge in [0.15, 0.2) is 0 Å². The highest BCUT2D eigenvalue weighted by Crippen LogP contribution is 2.26. The first kappa shape index (κ1) is 15.7. The Labute approximate surface area is 125 Å². The van der Waals surface area contributed by atoms with E-state index < -0.39 is 18.2 Å². The van der Waals surface area contributed by atoms with Crippen LogP contribution in [-0.2, 0) is 11.5 Å². The lowest BCUT2D eigenvalue weighted by Crippen LogP contribution is -2.41. The fourth-order valence-electron chi connectivity index (χ4n) is 2.11. The van der Waals surface area contributed by atoms with Gasteiger partial charge in [-0.15, -0.1) is 0 Å². The van der Waals surface area contributed by atoms with Gasteiger partial charge in [0.25, 0.3) is 5.91 Å². The minimum Gasteiger partial charge on any atom is -0.478 e. The van der Waals surface area contributed by atoms with E-state index in [4.69, 9.17) is 0 Å². The van der Waals surface area contributed by atoms with Gasteiger partial charge in [-0.2, -0.15) is 5.10 Å². The Kier molecular flexibility index (Phi) is 4.54. The predicted molar refractivity (Wildman–Crippen MR) is 76.1 cm³/mol. The summed E-state index contributed by atoms with van der Waals surface area (Å²) in [6, 6.07) is 6.16. The summed E-state index contributed by atoms with van der Waals surface area (Å²) in [5.41, 5.74) is 0.505. The molecule has 1 aromatic heterocycles. The number of aromatic carboxylic acids is 1. The van der Waals surface area contributed by atoms with E-state index in [0.717, 1.165) is 4.90 Å². The largest absolute Gasteiger partial charge is 0.478 e. The summed E-state index contributed by atoms with van der Waals surface area (Å²) in [5.74, 6) is -2.25. The maximum atomic E-state index is 12.1. The van der Waals surface area contributed by atoms with Gasteiger partial charge in [0.05, 0.1) is 11.3 Å². The molecule has 0 aliphatic carbocycles. The number of aryl methyl sites for hydroxylation is 1. The van der Waals surface area contributed by atoms with Crippen molar-refractivity contribution in [2.75, 3.05) is 4.90 Å². The molecule has 2 aromatic rings. The predicted octanol–water partition coefficient (Wildman–Crippen LogP) is 0.191. The third-order valence-electron chi connectivity index (χ3n) is 3.07. The molecule has 1 heterocycles. The number of anilines is 1. The number of carbonyl (C=O) groups excluding carboxylic acids is 1. The molecular weight excluding hydrogens is 290 g/mol. The topological polar surface area (TPSA) is 116 Å². The summed E-state index contributed by atoms with van der Waals surface area (Å²) in [4.78, 5) is 24.5. The average Bonchev–Trinajstić information content (AvgIpc) is 2.97. The number of rotatable bonds is 5. The van der Waals surface area contributed by atoms with Gasteiger partial charge in [-0.05, 0) is 24.6 Å². The van der Waals surface area contributed by atoms with Gasteiger partial charge in [0.2, 0.25) is 6.29 Å². The third kappa shape index (κ3) is 3.13. The van der Waals surface area contributed by atoms with Gasteiger partial charge in [-0.3, -0.25) is 14.4 Å². The SMILES string of the molecule is Cc1cccc(C(=O)O)c1N(Cn1cccn1)C(=O)C(O)O. The van der Waals surface area contributed by atoms with Crippen LogP contribution in [0.15, 0.2) is 36.7 Å². The number of amides is 1. The highest BCUT2D eigenvalue weighted by atomic mass is 16.5. The molecule has 8 nitrogen and oxygen atoms in total. The van der Waals surface area contributed by atoms with Crippen LogP contribution in [0.2, 0.25) is 0 Å². The maximum absolute atomic E-state index is 12.1. The molecule has 0 atom stereocenters. The van der Waals surface area contributed by atoms with Gasteiger partial charge in [0.1, 0.15) is 6.67 Å². The number of aliphatic hydroxyl groups excluding tert-OH is 1. The summed E-state index contributed by atoms with van der Waals surface area (Å²) >= 11 is 0. The first-order valence-corrected chi connectivity index (χ1v) is 6.39. The van der Waals surface area contributed by atoms with Crippen LogP contribution in [0, 0.1) is 6.92 Å². The van der Waals surface area contributed by atoms with Crippen molar-refractivity contribution in [3.8, 4) is 0 Å². The molecule has 3 N–H and O–H groups in total. The van der Waals surface area contributed by atoms with Gasteiger partial charge in [-0.1, -0.05) is 12.1 Å². The molecule has 0 saturated heterocycles. The monoisotopic (exact) mass is 305 g/mol. The van der Waals surface area contributed by atoms with E-state index in [9.17, 15) is 24.9 Å². The molecule has 116 valence electrons. The molecular formula is C14H15N3O5. The maximum Gasteiger partial charge on any atom is 0.337 e. The van der Waals surface area contributed by atoms with Crippen molar-refractivity contribution in [2.45, 2.75) is 19.9 Å². The van der Waals surface area contributed by atoms with E-state index in [-0.39, 0.29) is 17.9 Å². The van der Waals surface area contributed by atoms with Crippen molar-refractivity contribution >= 4 is 17.6 Å². The molecule has 0 fully saturated rings. The molecule has 0 radical (unpaired) electrons. The van der Waals surface area contributed by atoms with E-state index in [1.54, 1.807) is 31.3 Å². The summed E-state index contributed by atoms with van der Waals surface area (Å²) in [7, 11) is 0. The van der Waals surface area contributed by atoms with Crippen LogP contribution in [0.5, 0.6) is 0 Å². The van der Waals surface area contributed by atoms with Crippen LogP contribution < -0.4 is 4.90 Å². The number of carboxylic acids is 1. The number of para-hydroxylation sites is 1. The molecule has 0 bridgehead atoms. The Balaban J connectivity index is 2.54. The number of hydrogen-bond acceptors (Lipinski definition) is 5. The number of carboxylic acid groups (broad SMARTS) is 1. The summed E-state index contributed by atoms with van der Waals surface area (Å²) in [5, 5.41) is 31.6. The van der Waals surface area contributed by atoms with E-state index >= 15 is 0 Å². The number of hydrogen-bond donors (Lipinski definition) is 3. The van der Waals surface area contributed by atoms with Crippen molar-refractivity contribution in [1.82, 2.24) is 9.78 Å². The zero-order valence-electron chi connectivity index (χ0n) is 11.7. The summed E-state index contributed by atoms with van der Waals surface area (Å²) < 4.78 is 1.37. The summed E-state index contributed by atoms with van der Waals surface area (Å²) in [6.45, 7) is 1.49. The fourth-order valence-corrected chi connectivity index (χ4v) is 2.11. The Hall–Kier alpha value is -2.71. The lowest BCUT2D eigenvalue weighted by Gasteiger charge is -2.26. The minimum absolute atomic E-state index is 0.101. The normalized spacial score (nSPS) is 10.7. The Morgan fingerprint density at radius 3 is 2.59 bits per heavy atom. The van der Waals surface area contributed by atoms with E-state index in [0.29, 0.717) is 5.56 Å². The molecule has 0 unspecified atom stereocenters. The number of aromatic nitrogens is 2. The second-order valence-corrected chi connectivity index (χ2v) is 4.60. The van der Waals surface area contributed by atoms with Crippen LogP contribution in [-0.4, -0.2) is 43.3 Å². The van der Waals surface area contributed by atoms with Gasteiger partial charge >= 0.3 is 5.97 Å². The quantitative estimate of drug-likeness (QED) is 0.679. The standard InChI is InChI=1S/C14H15N3O5/c1-9-4-2-5-10(13(19)20)11(9)17(12(18)14(21)22)8-16-7-3-6-15-16/h2-7,14,21-22H,8H2,1H3,(H,19,20). The Bertz CT molecular complexity index is 682. The van der Waals surface area contributed by atoms with Crippen LogP contribution in [0.3, 0.4) is 0 Å². The fraction of sp³-hybridized carbons (Fsp3) is 0.214. The first-order valence-electron chi connectivity index (χ1n) is 6.39. The lowest BCUT2D eigenvalue weighted by molar-refractivity contribution is -0.144. The van der Waals surface area contributed by atoms with Crippen LogP contribution >= 0.6 is 0 Å². The number of benzene rings is 1. The first-order chi connectivity index (χ1) is 10.4.